The molecule has 0 radical (unpaired) electrons. The standard InChI is InChI=1S/C65H88N12O6/c1-42(2)58(72-60(78)44(5)66-7)64(82)74-32-22-28-54(74)46-34-48(38-68-36-46)76-40-52(50-24-16-18-26-56(50)76)62(80)70-30-20-14-12-10-9-11-13-15-21-31-71-63(81)53-41-77(57-27-19-17-25-51(53)57)49-35-47(37-69-39-49)55-29-23-33-75(55)65(83)59(43(3)4)73-61(79)45(6)67-8/h16-19,24-27,34-45,54-55,58-59,66-67H,9-15,20-23,28-33H2,1-8H3,(H,70,80)(H,71,81)(H,72,78)(H,73,79)/t44-,45-,54-,55-,58-,59-/m0/s1. The number of amides is 6. The number of carbonyl (C=O) groups is 6. The van der Waals surface area contributed by atoms with E-state index in [2.05, 4.69) is 54.0 Å². The van der Waals surface area contributed by atoms with E-state index in [0.29, 0.717) is 37.3 Å². The molecular formula is C65H88N12O6. The minimum absolute atomic E-state index is 0.0904. The van der Waals surface area contributed by atoms with Gasteiger partial charge >= 0.3 is 0 Å². The first-order valence-corrected chi connectivity index (χ1v) is 30.3. The van der Waals surface area contributed by atoms with Gasteiger partial charge in [-0.15, -0.1) is 0 Å². The second-order valence-corrected chi connectivity index (χ2v) is 23.4. The summed E-state index contributed by atoms with van der Waals surface area (Å²) < 4.78 is 4.02. The largest absolute Gasteiger partial charge is 0.352 e. The molecule has 0 bridgehead atoms. The van der Waals surface area contributed by atoms with Crippen molar-refractivity contribution in [3.63, 3.8) is 0 Å². The lowest BCUT2D eigenvalue weighted by atomic mass is 10.00. The minimum atomic E-state index is -0.646. The monoisotopic (exact) mass is 1130 g/mol. The Morgan fingerprint density at radius 2 is 0.892 bits per heavy atom. The number of nitrogens with zero attached hydrogens (tertiary/aromatic N) is 6. The number of hydrogen-bond acceptors (Lipinski definition) is 10. The van der Waals surface area contributed by atoms with Gasteiger partial charge in [-0.05, 0) is 114 Å². The Kier molecular flexibility index (Phi) is 21.7. The van der Waals surface area contributed by atoms with Crippen molar-refractivity contribution in [2.24, 2.45) is 11.8 Å². The van der Waals surface area contributed by atoms with Crippen LogP contribution < -0.4 is 31.9 Å². The maximum atomic E-state index is 14.0. The third-order valence-corrected chi connectivity index (χ3v) is 16.8. The fourth-order valence-electron chi connectivity index (χ4n) is 11.7. The summed E-state index contributed by atoms with van der Waals surface area (Å²) in [5, 5.41) is 19.9. The summed E-state index contributed by atoms with van der Waals surface area (Å²) in [5.74, 6) is -1.01. The van der Waals surface area contributed by atoms with E-state index in [1.807, 2.05) is 120 Å². The molecule has 444 valence electrons. The van der Waals surface area contributed by atoms with Gasteiger partial charge in [0.25, 0.3) is 11.8 Å². The highest BCUT2D eigenvalue weighted by Crippen LogP contribution is 2.36. The highest BCUT2D eigenvalue weighted by atomic mass is 16.2. The van der Waals surface area contributed by atoms with Crippen LogP contribution in [-0.4, -0.2) is 129 Å². The van der Waals surface area contributed by atoms with Crippen LogP contribution in [0.3, 0.4) is 0 Å². The smallest absolute Gasteiger partial charge is 0.253 e. The van der Waals surface area contributed by atoms with Gasteiger partial charge in [-0.1, -0.05) is 109 Å². The van der Waals surface area contributed by atoms with Crippen molar-refractivity contribution >= 4 is 57.2 Å². The van der Waals surface area contributed by atoms with E-state index < -0.39 is 24.2 Å². The zero-order valence-corrected chi connectivity index (χ0v) is 50.0. The Balaban J connectivity index is 0.755. The first-order chi connectivity index (χ1) is 40.1. The molecule has 0 unspecified atom stereocenters. The summed E-state index contributed by atoms with van der Waals surface area (Å²) in [6, 6.07) is 17.4. The summed E-state index contributed by atoms with van der Waals surface area (Å²) >= 11 is 0. The molecular weight excluding hydrogens is 1040 g/mol. The van der Waals surface area contributed by atoms with Crippen molar-refractivity contribution in [1.29, 1.82) is 0 Å². The average molecular weight is 1130 g/mol. The van der Waals surface area contributed by atoms with Gasteiger partial charge in [0.05, 0.1) is 70.1 Å². The predicted octanol–water partition coefficient (Wildman–Crippen LogP) is 8.86. The lowest BCUT2D eigenvalue weighted by molar-refractivity contribution is -0.139. The first-order valence-electron chi connectivity index (χ1n) is 30.3. The molecule has 18 nitrogen and oxygen atoms in total. The van der Waals surface area contributed by atoms with Crippen LogP contribution in [0.2, 0.25) is 0 Å². The van der Waals surface area contributed by atoms with E-state index in [0.717, 1.165) is 128 Å². The van der Waals surface area contributed by atoms with Gasteiger partial charge in [0.2, 0.25) is 23.6 Å². The van der Waals surface area contributed by atoms with Gasteiger partial charge in [0.1, 0.15) is 12.1 Å². The Bertz CT molecular complexity index is 2990. The van der Waals surface area contributed by atoms with E-state index >= 15 is 0 Å². The lowest BCUT2D eigenvalue weighted by Gasteiger charge is -2.32. The molecule has 6 atom stereocenters. The summed E-state index contributed by atoms with van der Waals surface area (Å²) in [7, 11) is 3.45. The molecule has 83 heavy (non-hydrogen) atoms. The third kappa shape index (κ3) is 14.9. The van der Waals surface area contributed by atoms with Crippen LogP contribution in [0, 0.1) is 11.8 Å². The normalized spacial score (nSPS) is 16.8. The number of carbonyl (C=O) groups excluding carboxylic acids is 6. The van der Waals surface area contributed by atoms with Crippen molar-refractivity contribution in [2.75, 3.05) is 40.3 Å². The number of unbranched alkanes of at least 4 members (excludes halogenated alkanes) is 8. The van der Waals surface area contributed by atoms with Crippen LogP contribution in [0.1, 0.15) is 169 Å². The van der Waals surface area contributed by atoms with E-state index in [9.17, 15) is 28.8 Å². The molecule has 18 heteroatoms. The van der Waals surface area contributed by atoms with Gasteiger partial charge in [0, 0.05) is 61.7 Å². The van der Waals surface area contributed by atoms with Gasteiger partial charge < -0.3 is 50.8 Å². The first kappa shape index (κ1) is 61.6. The Morgan fingerprint density at radius 3 is 1.27 bits per heavy atom. The maximum absolute atomic E-state index is 14.0. The number of fused-ring (bicyclic) bond motifs is 2. The van der Waals surface area contributed by atoms with E-state index in [1.54, 1.807) is 40.3 Å². The number of aromatic nitrogens is 4. The van der Waals surface area contributed by atoms with Gasteiger partial charge in [-0.25, -0.2) is 0 Å². The number of para-hydroxylation sites is 2. The fourth-order valence-corrected chi connectivity index (χ4v) is 11.7. The Morgan fingerprint density at radius 1 is 0.518 bits per heavy atom. The molecule has 2 saturated heterocycles. The highest BCUT2D eigenvalue weighted by Gasteiger charge is 2.38. The SMILES string of the molecule is CN[C@@H](C)C(=O)N[C@H](C(=O)N1CCC[C@H]1c1cncc(-n2cc(C(=O)NCCCCCCCCCCCNC(=O)c3cn(-c4cncc([C@@H]5CCCN5C(=O)[C@@H](NC(=O)[C@H](C)NC)C(C)C)c4)c4ccccc34)c3ccccc32)c1)C(C)C. The van der Waals surface area contributed by atoms with Crippen molar-refractivity contribution in [2.45, 2.75) is 161 Å². The number of pyridine rings is 2. The molecule has 6 amide bonds. The number of likely N-dealkylation sites (N-methyl/N-ethyl adjacent to an activating group) is 2. The van der Waals surface area contributed by atoms with Crippen LogP contribution in [-0.2, 0) is 19.2 Å². The van der Waals surface area contributed by atoms with Crippen molar-refractivity contribution in [3.8, 4) is 11.4 Å². The van der Waals surface area contributed by atoms with Gasteiger partial charge in [-0.3, -0.25) is 38.7 Å². The molecule has 2 aromatic carbocycles. The van der Waals surface area contributed by atoms with Crippen molar-refractivity contribution in [1.82, 2.24) is 60.8 Å². The van der Waals surface area contributed by atoms with Crippen molar-refractivity contribution < 1.29 is 28.8 Å². The summed E-state index contributed by atoms with van der Waals surface area (Å²) in [6.45, 7) is 13.7. The molecule has 0 aliphatic carbocycles. The zero-order chi connectivity index (χ0) is 59.2. The molecule has 2 aliphatic rings. The molecule has 6 aromatic rings. The van der Waals surface area contributed by atoms with E-state index in [-0.39, 0.29) is 59.4 Å². The highest BCUT2D eigenvalue weighted by molar-refractivity contribution is 6.08. The number of likely N-dealkylation sites (tertiary alicyclic amines) is 2. The molecule has 6 heterocycles. The van der Waals surface area contributed by atoms with Crippen LogP contribution in [0.4, 0.5) is 0 Å². The number of benzene rings is 2. The summed E-state index contributed by atoms with van der Waals surface area (Å²) in [4.78, 5) is 94.2. The molecule has 0 saturated carbocycles. The fraction of sp³-hybridized carbons (Fsp3) is 0.508. The lowest BCUT2D eigenvalue weighted by Crippen LogP contribution is -2.54. The van der Waals surface area contributed by atoms with Crippen LogP contribution >= 0.6 is 0 Å². The Hall–Kier alpha value is -7.44. The predicted molar refractivity (Wildman–Crippen MR) is 326 cm³/mol. The Labute approximate surface area is 489 Å². The molecule has 8 rings (SSSR count). The summed E-state index contributed by atoms with van der Waals surface area (Å²) in [5.41, 5.74) is 6.42. The average Bonchev–Trinajstić information content (AvgIpc) is 4.55. The quantitative estimate of drug-likeness (QED) is 0.0257. The molecule has 6 N–H and O–H groups in total. The van der Waals surface area contributed by atoms with Crippen LogP contribution in [0.15, 0.2) is 97.8 Å². The number of rotatable bonds is 28. The zero-order valence-electron chi connectivity index (χ0n) is 50.0. The summed E-state index contributed by atoms with van der Waals surface area (Å²) in [6.07, 6.45) is 23.7. The third-order valence-electron chi connectivity index (χ3n) is 16.8. The molecule has 0 spiro atoms. The van der Waals surface area contributed by atoms with E-state index in [4.69, 9.17) is 0 Å². The molecule has 2 aliphatic heterocycles. The number of nitrogens with one attached hydrogen (secondary N) is 6. The van der Waals surface area contributed by atoms with Crippen LogP contribution in [0.25, 0.3) is 33.2 Å². The van der Waals surface area contributed by atoms with E-state index in [1.165, 1.54) is 0 Å². The van der Waals surface area contributed by atoms with Gasteiger partial charge in [0.15, 0.2) is 0 Å². The minimum Gasteiger partial charge on any atom is -0.352 e. The van der Waals surface area contributed by atoms with Gasteiger partial charge in [-0.2, -0.15) is 0 Å². The van der Waals surface area contributed by atoms with Crippen LogP contribution in [0.5, 0.6) is 0 Å². The van der Waals surface area contributed by atoms with Crippen molar-refractivity contribution in [3.05, 3.63) is 120 Å². The molecule has 4 aromatic heterocycles. The second kappa shape index (κ2) is 29.2. The topological polar surface area (TPSA) is 217 Å². The number of hydrogen-bond donors (Lipinski definition) is 6. The maximum Gasteiger partial charge on any atom is 0.253 e. The molecule has 2 fully saturated rings. The second-order valence-electron chi connectivity index (χ2n) is 23.4.